The fourth-order valence-electron chi connectivity index (χ4n) is 3.16. The molecule has 124 valence electrons. The minimum Gasteiger partial charge on any atom is -0.377 e. The van der Waals surface area contributed by atoms with Gasteiger partial charge in [0.05, 0.1) is 0 Å². The lowest BCUT2D eigenvalue weighted by Crippen LogP contribution is -2.00. The number of hydrogen-bond acceptors (Lipinski definition) is 1. The molecule has 2 aromatic carbocycles. The molecule has 2 unspecified atom stereocenters. The SMILES string of the molecule is CCC(C)c1cccc(Cc2c(C)cc(CCPO)cc2C)c1. The third-order valence-electron chi connectivity index (χ3n) is 4.79. The molecule has 1 nitrogen and oxygen atoms in total. The van der Waals surface area contributed by atoms with Crippen LogP contribution in [0.5, 0.6) is 0 Å². The summed E-state index contributed by atoms with van der Waals surface area (Å²) in [6, 6.07) is 13.6. The van der Waals surface area contributed by atoms with Crippen LogP contribution in [-0.4, -0.2) is 11.1 Å². The van der Waals surface area contributed by atoms with Gasteiger partial charge >= 0.3 is 0 Å². The highest BCUT2D eigenvalue weighted by molar-refractivity contribution is 7.31. The lowest BCUT2D eigenvalue weighted by Gasteiger charge is -2.15. The largest absolute Gasteiger partial charge is 0.377 e. The van der Waals surface area contributed by atoms with Gasteiger partial charge in [0.1, 0.15) is 0 Å². The first kappa shape index (κ1) is 18.2. The van der Waals surface area contributed by atoms with Gasteiger partial charge in [-0.3, -0.25) is 0 Å². The fraction of sp³-hybridized carbons (Fsp3) is 0.429. The van der Waals surface area contributed by atoms with Crippen molar-refractivity contribution >= 4 is 8.81 Å². The minimum atomic E-state index is 0.0477. The Bertz CT molecular complexity index is 625. The zero-order valence-electron chi connectivity index (χ0n) is 14.8. The van der Waals surface area contributed by atoms with Gasteiger partial charge in [-0.05, 0) is 78.6 Å². The van der Waals surface area contributed by atoms with Gasteiger partial charge in [0.2, 0.25) is 0 Å². The zero-order valence-corrected chi connectivity index (χ0v) is 15.8. The molecular weight excluding hydrogens is 299 g/mol. The summed E-state index contributed by atoms with van der Waals surface area (Å²) in [5.41, 5.74) is 8.38. The van der Waals surface area contributed by atoms with Crippen LogP contribution in [0.2, 0.25) is 0 Å². The molecule has 0 aromatic heterocycles. The first-order valence-electron chi connectivity index (χ1n) is 8.60. The van der Waals surface area contributed by atoms with E-state index < -0.39 is 0 Å². The van der Waals surface area contributed by atoms with Crippen molar-refractivity contribution in [2.24, 2.45) is 0 Å². The Labute approximate surface area is 143 Å². The van der Waals surface area contributed by atoms with Crippen molar-refractivity contribution < 1.29 is 4.89 Å². The number of aryl methyl sites for hydroxylation is 3. The molecule has 0 aliphatic carbocycles. The van der Waals surface area contributed by atoms with Crippen LogP contribution >= 0.6 is 8.81 Å². The van der Waals surface area contributed by atoms with Crippen LogP contribution in [0, 0.1) is 13.8 Å². The van der Waals surface area contributed by atoms with E-state index in [1.807, 2.05) is 0 Å². The topological polar surface area (TPSA) is 20.2 Å². The maximum atomic E-state index is 9.03. The average molecular weight is 328 g/mol. The first-order valence-corrected chi connectivity index (χ1v) is 9.75. The highest BCUT2D eigenvalue weighted by Gasteiger charge is 2.08. The Kier molecular flexibility index (Phi) is 6.81. The van der Waals surface area contributed by atoms with Crippen molar-refractivity contribution in [3.05, 3.63) is 69.8 Å². The normalized spacial score (nSPS) is 12.9. The van der Waals surface area contributed by atoms with Crippen molar-refractivity contribution in [1.29, 1.82) is 0 Å². The van der Waals surface area contributed by atoms with E-state index in [4.69, 9.17) is 4.89 Å². The Hall–Kier alpha value is -1.17. The van der Waals surface area contributed by atoms with E-state index in [9.17, 15) is 0 Å². The smallest absolute Gasteiger partial charge is 0.0110 e. The van der Waals surface area contributed by atoms with Gasteiger partial charge in [0, 0.05) is 8.81 Å². The third kappa shape index (κ3) is 4.90. The number of benzene rings is 2. The Morgan fingerprint density at radius 3 is 2.35 bits per heavy atom. The fourth-order valence-corrected chi connectivity index (χ4v) is 3.56. The summed E-state index contributed by atoms with van der Waals surface area (Å²) in [6.07, 6.45) is 4.03. The van der Waals surface area contributed by atoms with Gasteiger partial charge in [0.25, 0.3) is 0 Å². The van der Waals surface area contributed by atoms with Crippen LogP contribution in [-0.2, 0) is 12.8 Å². The molecule has 0 aliphatic rings. The molecule has 0 fully saturated rings. The minimum absolute atomic E-state index is 0.0477. The summed E-state index contributed by atoms with van der Waals surface area (Å²) in [6.45, 7) is 8.97. The lowest BCUT2D eigenvalue weighted by atomic mass is 9.91. The molecule has 23 heavy (non-hydrogen) atoms. The van der Waals surface area contributed by atoms with Crippen LogP contribution in [0.3, 0.4) is 0 Å². The van der Waals surface area contributed by atoms with Gasteiger partial charge in [0.15, 0.2) is 0 Å². The maximum Gasteiger partial charge on any atom is 0.0110 e. The molecule has 0 spiro atoms. The molecule has 0 saturated heterocycles. The molecule has 2 atom stereocenters. The molecule has 0 bridgehead atoms. The second-order valence-corrected chi connectivity index (χ2v) is 7.41. The molecule has 0 heterocycles. The van der Waals surface area contributed by atoms with Gasteiger partial charge < -0.3 is 4.89 Å². The van der Waals surface area contributed by atoms with Crippen LogP contribution in [0.25, 0.3) is 0 Å². The number of hydrogen-bond donors (Lipinski definition) is 1. The predicted molar refractivity (Wildman–Crippen MR) is 103 cm³/mol. The summed E-state index contributed by atoms with van der Waals surface area (Å²) in [5.74, 6) is 0.624. The molecule has 0 amide bonds. The number of rotatable bonds is 7. The molecule has 1 N–H and O–H groups in total. The molecule has 0 aliphatic heterocycles. The lowest BCUT2D eigenvalue weighted by molar-refractivity contribution is 0.644. The van der Waals surface area contributed by atoms with E-state index in [0.29, 0.717) is 5.92 Å². The summed E-state index contributed by atoms with van der Waals surface area (Å²) >= 11 is 0. The van der Waals surface area contributed by atoms with Crippen molar-refractivity contribution in [1.82, 2.24) is 0 Å². The van der Waals surface area contributed by atoms with Crippen molar-refractivity contribution in [2.75, 3.05) is 6.16 Å². The molecule has 0 radical (unpaired) electrons. The van der Waals surface area contributed by atoms with Gasteiger partial charge in [-0.1, -0.05) is 50.2 Å². The molecule has 2 rings (SSSR count). The highest BCUT2D eigenvalue weighted by atomic mass is 31.1. The monoisotopic (exact) mass is 328 g/mol. The molecule has 2 heteroatoms. The van der Waals surface area contributed by atoms with E-state index >= 15 is 0 Å². The van der Waals surface area contributed by atoms with Crippen LogP contribution in [0.4, 0.5) is 0 Å². The van der Waals surface area contributed by atoms with E-state index in [0.717, 1.165) is 19.0 Å². The van der Waals surface area contributed by atoms with Crippen LogP contribution in [0.1, 0.15) is 59.6 Å². The van der Waals surface area contributed by atoms with Crippen LogP contribution < -0.4 is 0 Å². The van der Waals surface area contributed by atoms with E-state index in [1.165, 1.54) is 39.8 Å². The first-order chi connectivity index (χ1) is 11.0. The van der Waals surface area contributed by atoms with E-state index in [-0.39, 0.29) is 8.81 Å². The summed E-state index contributed by atoms with van der Waals surface area (Å²) in [4.78, 5) is 9.03. The summed E-state index contributed by atoms with van der Waals surface area (Å²) < 4.78 is 0. The average Bonchev–Trinajstić information content (AvgIpc) is 2.55. The second kappa shape index (κ2) is 8.62. The van der Waals surface area contributed by atoms with E-state index in [2.05, 4.69) is 64.1 Å². The second-order valence-electron chi connectivity index (χ2n) is 6.60. The van der Waals surface area contributed by atoms with Crippen LogP contribution in [0.15, 0.2) is 36.4 Å². The Morgan fingerprint density at radius 1 is 1.04 bits per heavy atom. The predicted octanol–water partition coefficient (Wildman–Crippen LogP) is 5.54. The molecule has 0 saturated carbocycles. The van der Waals surface area contributed by atoms with Gasteiger partial charge in [-0.25, -0.2) is 0 Å². The van der Waals surface area contributed by atoms with Crippen molar-refractivity contribution in [2.45, 2.75) is 52.9 Å². The maximum absolute atomic E-state index is 9.03. The van der Waals surface area contributed by atoms with Crippen molar-refractivity contribution in [3.63, 3.8) is 0 Å². The Balaban J connectivity index is 2.23. The summed E-state index contributed by atoms with van der Waals surface area (Å²) in [5, 5.41) is 0. The van der Waals surface area contributed by atoms with E-state index in [1.54, 1.807) is 0 Å². The summed E-state index contributed by atoms with van der Waals surface area (Å²) in [7, 11) is 0.0477. The van der Waals surface area contributed by atoms with Gasteiger partial charge in [-0.2, -0.15) is 0 Å². The third-order valence-corrected chi connectivity index (χ3v) is 5.27. The van der Waals surface area contributed by atoms with Gasteiger partial charge in [-0.15, -0.1) is 0 Å². The molecular formula is C21H29OP. The molecule has 2 aromatic rings. The quantitative estimate of drug-likeness (QED) is 0.662. The zero-order chi connectivity index (χ0) is 16.8. The highest BCUT2D eigenvalue weighted by Crippen LogP contribution is 2.24. The van der Waals surface area contributed by atoms with Crippen molar-refractivity contribution in [3.8, 4) is 0 Å². The standard InChI is InChI=1S/C21H29OP/c1-5-15(2)20-8-6-7-18(13-20)14-21-16(3)11-19(9-10-23-22)12-17(21)4/h6-8,11-13,15,22-23H,5,9-10,14H2,1-4H3. The Morgan fingerprint density at radius 2 is 1.74 bits per heavy atom.